The second-order valence-corrected chi connectivity index (χ2v) is 15.2. The van der Waals surface area contributed by atoms with Crippen LogP contribution in [-0.4, -0.2) is 106 Å². The lowest BCUT2D eigenvalue weighted by Crippen LogP contribution is -2.38. The van der Waals surface area contributed by atoms with Crippen molar-refractivity contribution in [3.05, 3.63) is 0 Å². The average Bonchev–Trinajstić information content (AvgIpc) is 3.09. The number of hydrogen-bond donors (Lipinski definition) is 0. The van der Waals surface area contributed by atoms with Gasteiger partial charge in [-0.25, -0.2) is 4.79 Å². The van der Waals surface area contributed by atoms with Crippen LogP contribution in [0.5, 0.6) is 0 Å². The first-order valence-corrected chi connectivity index (χ1v) is 21.3. The Labute approximate surface area is 315 Å². The van der Waals surface area contributed by atoms with Crippen LogP contribution in [0.3, 0.4) is 0 Å². The Morgan fingerprint density at radius 1 is 0.451 bits per heavy atom. The molecule has 0 bridgehead atoms. The molecule has 0 aromatic heterocycles. The van der Waals surface area contributed by atoms with E-state index >= 15 is 0 Å². The molecule has 0 saturated heterocycles. The quantitative estimate of drug-likeness (QED) is 0.0355. The Balaban J connectivity index is 4.73. The number of hydrogen-bond acceptors (Lipinski definition) is 8. The van der Waals surface area contributed by atoms with Crippen LogP contribution in [-0.2, 0) is 23.8 Å². The second-order valence-electron chi connectivity index (χ2n) is 15.2. The Kier molecular flexibility index (Phi) is 35.1. The largest absolute Gasteiger partial charge is 0.466 e. The minimum Gasteiger partial charge on any atom is -0.466 e. The summed E-state index contributed by atoms with van der Waals surface area (Å²) in [6, 6.07) is 0. The summed E-state index contributed by atoms with van der Waals surface area (Å²) in [6.45, 7) is 8.22. The molecule has 0 atom stereocenters. The first-order valence-electron chi connectivity index (χ1n) is 21.3. The molecule has 9 nitrogen and oxygen atoms in total. The summed E-state index contributed by atoms with van der Waals surface area (Å²) >= 11 is 0. The van der Waals surface area contributed by atoms with Crippen LogP contribution in [0, 0.1) is 0 Å². The lowest BCUT2D eigenvalue weighted by Gasteiger charge is -2.27. The van der Waals surface area contributed by atoms with Gasteiger partial charge in [0, 0.05) is 25.9 Å². The maximum absolute atomic E-state index is 13.4. The van der Waals surface area contributed by atoms with E-state index < -0.39 is 0 Å². The van der Waals surface area contributed by atoms with Gasteiger partial charge in [-0.3, -0.25) is 9.59 Å². The van der Waals surface area contributed by atoms with E-state index in [-0.39, 0.29) is 24.1 Å². The van der Waals surface area contributed by atoms with Crippen molar-refractivity contribution in [2.75, 3.05) is 67.6 Å². The van der Waals surface area contributed by atoms with Gasteiger partial charge in [0.05, 0.1) is 13.2 Å². The van der Waals surface area contributed by atoms with E-state index in [1.165, 1.54) is 89.9 Å². The molecule has 51 heavy (non-hydrogen) atoms. The molecule has 0 saturated carbocycles. The summed E-state index contributed by atoms with van der Waals surface area (Å²) < 4.78 is 17.2. The molecule has 0 aliphatic heterocycles. The number of rotatable bonds is 37. The van der Waals surface area contributed by atoms with Gasteiger partial charge in [0.15, 0.2) is 0 Å². The summed E-state index contributed by atoms with van der Waals surface area (Å²) in [4.78, 5) is 44.2. The molecule has 0 rings (SSSR count). The highest BCUT2D eigenvalue weighted by atomic mass is 16.6. The molecule has 0 heterocycles. The van der Waals surface area contributed by atoms with Crippen molar-refractivity contribution in [3.8, 4) is 0 Å². The van der Waals surface area contributed by atoms with Gasteiger partial charge in [-0.05, 0) is 92.6 Å². The summed E-state index contributed by atoms with van der Waals surface area (Å²) in [5.41, 5.74) is 0. The molecule has 9 heteroatoms. The standard InChI is InChI=1S/C42H83N3O6/c1-7-9-11-13-15-17-19-21-23-31-40(46)49-37-25-29-39(51-42(48)45(35-27-33-43(3)4)36-28-34-44(5)6)30-26-38-50-41(47)32-24-22-20-18-16-14-12-10-8-2/h39H,7-38H2,1-6H3. The predicted octanol–water partition coefficient (Wildman–Crippen LogP) is 10.2. The van der Waals surface area contributed by atoms with E-state index in [9.17, 15) is 14.4 Å². The van der Waals surface area contributed by atoms with E-state index in [1.54, 1.807) is 0 Å². The molecule has 302 valence electrons. The number of carbonyl (C=O) groups is 3. The SMILES string of the molecule is CCCCCCCCCCCC(=O)OCCCC(CCCOC(=O)CCCCCCCCCCC)OC(=O)N(CCCN(C)C)CCCN(C)C. The van der Waals surface area contributed by atoms with Crippen LogP contribution < -0.4 is 0 Å². The lowest BCUT2D eigenvalue weighted by atomic mass is 10.1. The normalized spacial score (nSPS) is 11.5. The van der Waals surface area contributed by atoms with Crippen LogP contribution >= 0.6 is 0 Å². The third-order valence-corrected chi connectivity index (χ3v) is 9.43. The molecule has 0 aliphatic rings. The zero-order chi connectivity index (χ0) is 37.8. The first kappa shape index (κ1) is 49.1. The third-order valence-electron chi connectivity index (χ3n) is 9.43. The number of ether oxygens (including phenoxy) is 3. The molecule has 0 unspecified atom stereocenters. The van der Waals surface area contributed by atoms with E-state index in [1.807, 2.05) is 33.1 Å². The first-order chi connectivity index (χ1) is 24.7. The predicted molar refractivity (Wildman–Crippen MR) is 212 cm³/mol. The fourth-order valence-electron chi connectivity index (χ4n) is 6.23. The van der Waals surface area contributed by atoms with Gasteiger partial charge < -0.3 is 28.9 Å². The van der Waals surface area contributed by atoms with Crippen LogP contribution in [0.15, 0.2) is 0 Å². The lowest BCUT2D eigenvalue weighted by molar-refractivity contribution is -0.144. The van der Waals surface area contributed by atoms with Gasteiger partial charge in [-0.15, -0.1) is 0 Å². The van der Waals surface area contributed by atoms with Gasteiger partial charge >= 0.3 is 18.0 Å². The van der Waals surface area contributed by atoms with Crippen molar-refractivity contribution in [1.82, 2.24) is 14.7 Å². The molecular weight excluding hydrogens is 642 g/mol. The number of carbonyl (C=O) groups excluding carboxylic acids is 3. The van der Waals surface area contributed by atoms with Crippen molar-refractivity contribution >= 4 is 18.0 Å². The third kappa shape index (κ3) is 35.0. The Morgan fingerprint density at radius 3 is 1.16 bits per heavy atom. The van der Waals surface area contributed by atoms with Crippen LogP contribution in [0.25, 0.3) is 0 Å². The number of unbranched alkanes of at least 4 members (excludes halogenated alkanes) is 16. The number of amides is 1. The van der Waals surface area contributed by atoms with Crippen LogP contribution in [0.4, 0.5) is 4.79 Å². The smallest absolute Gasteiger partial charge is 0.410 e. The van der Waals surface area contributed by atoms with Gasteiger partial charge in [0.25, 0.3) is 0 Å². The van der Waals surface area contributed by atoms with Crippen LogP contribution in [0.2, 0.25) is 0 Å². The minimum atomic E-state index is -0.324. The Bertz CT molecular complexity index is 753. The topological polar surface area (TPSA) is 88.6 Å². The maximum Gasteiger partial charge on any atom is 0.410 e. The van der Waals surface area contributed by atoms with E-state index in [4.69, 9.17) is 14.2 Å². The summed E-state index contributed by atoms with van der Waals surface area (Å²) in [5, 5.41) is 0. The van der Waals surface area contributed by atoms with Gasteiger partial charge in [-0.2, -0.15) is 0 Å². The Hall–Kier alpha value is -1.87. The Morgan fingerprint density at radius 2 is 0.804 bits per heavy atom. The fraction of sp³-hybridized carbons (Fsp3) is 0.929. The van der Waals surface area contributed by atoms with Crippen molar-refractivity contribution in [3.63, 3.8) is 0 Å². The van der Waals surface area contributed by atoms with E-state index in [0.717, 1.165) is 51.6 Å². The molecule has 0 aliphatic carbocycles. The molecular formula is C42H83N3O6. The summed E-state index contributed by atoms with van der Waals surface area (Å²) in [6.07, 6.45) is 26.4. The van der Waals surface area contributed by atoms with Gasteiger partial charge in [0.2, 0.25) is 0 Å². The van der Waals surface area contributed by atoms with E-state index in [0.29, 0.717) is 64.8 Å². The van der Waals surface area contributed by atoms with Crippen LogP contribution in [0.1, 0.15) is 181 Å². The molecule has 0 N–H and O–H groups in total. The molecule has 0 spiro atoms. The maximum atomic E-state index is 13.4. The summed E-state index contributed by atoms with van der Waals surface area (Å²) in [5.74, 6) is -0.281. The fourth-order valence-corrected chi connectivity index (χ4v) is 6.23. The highest BCUT2D eigenvalue weighted by molar-refractivity contribution is 5.69. The number of nitrogens with zero attached hydrogens (tertiary/aromatic N) is 3. The molecule has 0 aromatic rings. The van der Waals surface area contributed by atoms with Crippen molar-refractivity contribution < 1.29 is 28.6 Å². The highest BCUT2D eigenvalue weighted by Gasteiger charge is 2.21. The van der Waals surface area contributed by atoms with Gasteiger partial charge in [0.1, 0.15) is 6.10 Å². The van der Waals surface area contributed by atoms with Gasteiger partial charge in [-0.1, -0.05) is 117 Å². The minimum absolute atomic E-state index is 0.140. The average molecular weight is 726 g/mol. The molecule has 0 radical (unpaired) electrons. The molecule has 1 amide bonds. The zero-order valence-corrected chi connectivity index (χ0v) is 34.5. The highest BCUT2D eigenvalue weighted by Crippen LogP contribution is 2.16. The van der Waals surface area contributed by atoms with Crippen molar-refractivity contribution in [2.24, 2.45) is 0 Å². The monoisotopic (exact) mass is 726 g/mol. The number of esters is 2. The zero-order valence-electron chi connectivity index (χ0n) is 34.5. The second kappa shape index (κ2) is 36.5. The van der Waals surface area contributed by atoms with E-state index in [2.05, 4.69) is 23.6 Å². The summed E-state index contributed by atoms with van der Waals surface area (Å²) in [7, 11) is 8.16. The van der Waals surface area contributed by atoms with Crippen molar-refractivity contribution in [2.45, 2.75) is 187 Å². The molecule has 0 aromatic carbocycles. The molecule has 0 fully saturated rings. The van der Waals surface area contributed by atoms with Crippen molar-refractivity contribution in [1.29, 1.82) is 0 Å².